The van der Waals surface area contributed by atoms with Crippen molar-refractivity contribution in [3.05, 3.63) is 71.5 Å². The van der Waals surface area contributed by atoms with Gasteiger partial charge >= 0.3 is 0 Å². The Hall–Kier alpha value is -3.15. The number of aryl methyl sites for hydroxylation is 2. The van der Waals surface area contributed by atoms with Crippen molar-refractivity contribution >= 4 is 16.7 Å². The number of pyridine rings is 1. The van der Waals surface area contributed by atoms with Crippen molar-refractivity contribution in [3.8, 4) is 22.3 Å². The Bertz CT molecular complexity index is 1340. The first-order chi connectivity index (χ1) is 17.0. The number of aliphatic hydroxyl groups is 1. The molecule has 5 nitrogen and oxygen atoms in total. The maximum absolute atomic E-state index is 10.5. The Morgan fingerprint density at radius 1 is 0.914 bits per heavy atom. The van der Waals surface area contributed by atoms with E-state index in [1.165, 1.54) is 22.4 Å². The number of aromatic amines is 1. The predicted octanol–water partition coefficient (Wildman–Crippen LogP) is 5.71. The summed E-state index contributed by atoms with van der Waals surface area (Å²) >= 11 is 0. The molecule has 0 spiro atoms. The zero-order valence-electron chi connectivity index (χ0n) is 20.9. The summed E-state index contributed by atoms with van der Waals surface area (Å²) in [5, 5.41) is 11.6. The highest BCUT2D eigenvalue weighted by Crippen LogP contribution is 2.41. The molecule has 3 heterocycles. The second-order valence-electron chi connectivity index (χ2n) is 10.5. The molecule has 1 saturated heterocycles. The maximum Gasteiger partial charge on any atom is 0.137 e. The Balaban J connectivity index is 1.32. The van der Waals surface area contributed by atoms with Crippen molar-refractivity contribution in [2.45, 2.75) is 32.8 Å². The minimum Gasteiger partial charge on any atom is -0.388 e. The average molecular weight is 467 g/mol. The number of piperazine rings is 1. The summed E-state index contributed by atoms with van der Waals surface area (Å²) in [6, 6.07) is 15.2. The molecule has 2 aromatic carbocycles. The van der Waals surface area contributed by atoms with Crippen LogP contribution < -0.4 is 4.90 Å². The summed E-state index contributed by atoms with van der Waals surface area (Å²) in [6.45, 7) is 8.84. The van der Waals surface area contributed by atoms with Gasteiger partial charge in [0.15, 0.2) is 0 Å². The highest BCUT2D eigenvalue weighted by Gasteiger charge is 2.30. The highest BCUT2D eigenvalue weighted by molar-refractivity contribution is 5.96. The smallest absolute Gasteiger partial charge is 0.137 e. The number of rotatable bonds is 5. The number of hydrogen-bond acceptors (Lipinski definition) is 4. The van der Waals surface area contributed by atoms with E-state index in [0.29, 0.717) is 5.92 Å². The van der Waals surface area contributed by atoms with Gasteiger partial charge in [-0.05, 0) is 85.7 Å². The molecule has 1 saturated carbocycles. The van der Waals surface area contributed by atoms with Crippen molar-refractivity contribution in [2.24, 2.45) is 5.92 Å². The molecule has 2 aromatic heterocycles. The lowest BCUT2D eigenvalue weighted by Gasteiger charge is -2.36. The molecule has 0 radical (unpaired) electrons. The van der Waals surface area contributed by atoms with Crippen LogP contribution in [0.1, 0.15) is 35.6 Å². The average Bonchev–Trinajstić information content (AvgIpc) is 3.63. The van der Waals surface area contributed by atoms with Gasteiger partial charge in [-0.3, -0.25) is 0 Å². The molecule has 0 bridgehead atoms. The summed E-state index contributed by atoms with van der Waals surface area (Å²) in [6.07, 6.45) is 5.95. The molecular formula is C30H34N4O. The molecule has 2 fully saturated rings. The Morgan fingerprint density at radius 2 is 1.60 bits per heavy atom. The number of benzene rings is 2. The molecule has 1 unspecified atom stereocenters. The van der Waals surface area contributed by atoms with Gasteiger partial charge in [-0.15, -0.1) is 0 Å². The largest absolute Gasteiger partial charge is 0.388 e. The van der Waals surface area contributed by atoms with E-state index < -0.39 is 0 Å². The first-order valence-corrected chi connectivity index (χ1v) is 12.8. The van der Waals surface area contributed by atoms with Gasteiger partial charge in [0.2, 0.25) is 0 Å². The Labute approximate surface area is 207 Å². The number of hydrogen-bond donors (Lipinski definition) is 2. The number of aromatic nitrogens is 2. The summed E-state index contributed by atoms with van der Waals surface area (Å²) < 4.78 is 0. The third kappa shape index (κ3) is 4.24. The number of anilines is 1. The molecule has 180 valence electrons. The lowest BCUT2D eigenvalue weighted by molar-refractivity contribution is 0.154. The van der Waals surface area contributed by atoms with Gasteiger partial charge in [0, 0.05) is 60.8 Å². The molecule has 0 amide bonds. The normalized spacial score (nSPS) is 17.8. The fourth-order valence-electron chi connectivity index (χ4n) is 5.60. The fraction of sp³-hybridized carbons (Fsp3) is 0.367. The SMILES string of the molecule is Cc1cc(-c2cnc3[nH]cc(-c4ccc(C(O)C5CC5)cc4)c3c2)cc(C)c1N1CCN(C)CC1. The number of nitrogens with one attached hydrogen (secondary N) is 1. The zero-order chi connectivity index (χ0) is 24.1. The van der Waals surface area contributed by atoms with Crippen LogP contribution in [0.3, 0.4) is 0 Å². The van der Waals surface area contributed by atoms with Crippen LogP contribution in [0.5, 0.6) is 0 Å². The second kappa shape index (κ2) is 8.81. The van der Waals surface area contributed by atoms with E-state index in [0.717, 1.165) is 72.3 Å². The summed E-state index contributed by atoms with van der Waals surface area (Å²) in [7, 11) is 2.20. The number of likely N-dealkylation sites (N-methyl/N-ethyl adjacent to an activating group) is 1. The monoisotopic (exact) mass is 466 g/mol. The van der Waals surface area contributed by atoms with E-state index >= 15 is 0 Å². The van der Waals surface area contributed by atoms with Crippen molar-refractivity contribution in [1.82, 2.24) is 14.9 Å². The van der Waals surface area contributed by atoms with Gasteiger partial charge in [0.25, 0.3) is 0 Å². The van der Waals surface area contributed by atoms with Gasteiger partial charge in [-0.1, -0.05) is 24.3 Å². The van der Waals surface area contributed by atoms with Crippen LogP contribution in [0, 0.1) is 19.8 Å². The van der Waals surface area contributed by atoms with Crippen molar-refractivity contribution in [3.63, 3.8) is 0 Å². The van der Waals surface area contributed by atoms with Crippen molar-refractivity contribution < 1.29 is 5.11 Å². The van der Waals surface area contributed by atoms with Gasteiger partial charge in [-0.25, -0.2) is 4.98 Å². The van der Waals surface area contributed by atoms with Gasteiger partial charge in [0.05, 0.1) is 6.10 Å². The number of H-pyrrole nitrogens is 1. The summed E-state index contributed by atoms with van der Waals surface area (Å²) in [5.41, 5.74) is 10.6. The minimum atomic E-state index is -0.333. The highest BCUT2D eigenvalue weighted by atomic mass is 16.3. The van der Waals surface area contributed by atoms with Crippen LogP contribution in [0.25, 0.3) is 33.3 Å². The maximum atomic E-state index is 10.5. The molecular weight excluding hydrogens is 432 g/mol. The third-order valence-electron chi connectivity index (χ3n) is 7.81. The molecule has 1 aliphatic heterocycles. The zero-order valence-corrected chi connectivity index (χ0v) is 20.9. The van der Waals surface area contributed by atoms with Crippen molar-refractivity contribution in [1.29, 1.82) is 0 Å². The quantitative estimate of drug-likeness (QED) is 0.396. The van der Waals surface area contributed by atoms with E-state index in [9.17, 15) is 5.11 Å². The molecule has 1 atom stereocenters. The van der Waals surface area contributed by atoms with E-state index in [4.69, 9.17) is 4.98 Å². The Kier molecular flexibility index (Phi) is 5.62. The minimum absolute atomic E-state index is 0.333. The van der Waals surface area contributed by atoms with Gasteiger partial charge in [-0.2, -0.15) is 0 Å². The van der Waals surface area contributed by atoms with Crippen LogP contribution >= 0.6 is 0 Å². The molecule has 35 heavy (non-hydrogen) atoms. The van der Waals surface area contributed by atoms with Crippen LogP contribution in [0.4, 0.5) is 5.69 Å². The predicted molar refractivity (Wildman–Crippen MR) is 144 cm³/mol. The lowest BCUT2D eigenvalue weighted by atomic mass is 9.96. The molecule has 2 aliphatic rings. The standard InChI is InChI=1S/C30H34N4O/c1-19-14-24(15-20(2)28(19)34-12-10-33(3)11-13-34)25-16-26-27(18-32-30(26)31-17-25)21-4-6-22(7-5-21)29(35)23-8-9-23/h4-7,14-18,23,29,35H,8-13H2,1-3H3,(H,31,32). The Morgan fingerprint density at radius 3 is 2.26 bits per heavy atom. The van der Waals surface area contributed by atoms with Crippen LogP contribution in [0.15, 0.2) is 54.9 Å². The molecule has 5 heteroatoms. The van der Waals surface area contributed by atoms with E-state index in [1.54, 1.807) is 0 Å². The molecule has 2 N–H and O–H groups in total. The second-order valence-corrected chi connectivity index (χ2v) is 10.5. The third-order valence-corrected chi connectivity index (χ3v) is 7.81. The van der Waals surface area contributed by atoms with Crippen LogP contribution in [0.2, 0.25) is 0 Å². The van der Waals surface area contributed by atoms with Gasteiger partial charge < -0.3 is 19.9 Å². The number of fused-ring (bicyclic) bond motifs is 1. The van der Waals surface area contributed by atoms with Crippen molar-refractivity contribution in [2.75, 3.05) is 38.1 Å². The summed E-state index contributed by atoms with van der Waals surface area (Å²) in [4.78, 5) is 13.0. The number of nitrogens with zero attached hydrogens (tertiary/aromatic N) is 3. The topological polar surface area (TPSA) is 55.4 Å². The number of aliphatic hydroxyl groups excluding tert-OH is 1. The van der Waals surface area contributed by atoms with Gasteiger partial charge in [0.1, 0.15) is 5.65 Å². The van der Waals surface area contributed by atoms with Crippen LogP contribution in [-0.4, -0.2) is 53.2 Å². The lowest BCUT2D eigenvalue weighted by Crippen LogP contribution is -2.45. The first kappa shape index (κ1) is 22.3. The van der Waals surface area contributed by atoms with Crippen LogP contribution in [-0.2, 0) is 0 Å². The molecule has 6 rings (SSSR count). The molecule has 4 aromatic rings. The van der Waals surface area contributed by atoms with E-state index in [-0.39, 0.29) is 6.10 Å². The molecule has 1 aliphatic carbocycles. The van der Waals surface area contributed by atoms with E-state index in [1.807, 2.05) is 12.4 Å². The fourth-order valence-corrected chi connectivity index (χ4v) is 5.60. The summed E-state index contributed by atoms with van der Waals surface area (Å²) in [5.74, 6) is 0.440. The first-order valence-electron chi connectivity index (χ1n) is 12.8. The van der Waals surface area contributed by atoms with E-state index in [2.05, 4.69) is 78.1 Å².